The predicted octanol–water partition coefficient (Wildman–Crippen LogP) is 3.73. The van der Waals surface area contributed by atoms with E-state index in [1.807, 2.05) is 42.5 Å². The molecular formula is C19H21NO. The second-order valence-electron chi connectivity index (χ2n) is 5.86. The number of hydrogen-bond donors (Lipinski definition) is 0. The number of carbonyl (C=O) groups excluding carboxylic acids is 1. The second-order valence-corrected chi connectivity index (χ2v) is 5.86. The summed E-state index contributed by atoms with van der Waals surface area (Å²) in [4.78, 5) is 15.1. The van der Waals surface area contributed by atoms with E-state index in [0.29, 0.717) is 5.92 Å². The van der Waals surface area contributed by atoms with E-state index in [-0.39, 0.29) is 5.78 Å². The standard InChI is InChI=1S/C19H21NO/c1-20-13-11-15(12-14-20)17-9-5-6-10-18(17)19(21)16-7-3-2-4-8-16/h2-10,15H,11-14H2,1H3. The SMILES string of the molecule is CN1CCC(c2ccccc2C(=O)c2ccccc2)CC1. The Bertz CT molecular complexity index is 612. The number of likely N-dealkylation sites (tertiary alicyclic amines) is 1. The molecule has 1 aliphatic heterocycles. The average Bonchev–Trinajstić information content (AvgIpc) is 2.56. The monoisotopic (exact) mass is 279 g/mol. The molecule has 2 nitrogen and oxygen atoms in total. The number of carbonyl (C=O) groups is 1. The lowest BCUT2D eigenvalue weighted by Crippen LogP contribution is -2.29. The van der Waals surface area contributed by atoms with Crippen LogP contribution in [0.2, 0.25) is 0 Å². The van der Waals surface area contributed by atoms with Crippen molar-refractivity contribution in [3.8, 4) is 0 Å². The second kappa shape index (κ2) is 6.23. The van der Waals surface area contributed by atoms with Crippen LogP contribution in [-0.2, 0) is 0 Å². The molecule has 2 aromatic carbocycles. The zero-order chi connectivity index (χ0) is 14.7. The van der Waals surface area contributed by atoms with Gasteiger partial charge in [-0.2, -0.15) is 0 Å². The molecule has 3 rings (SSSR count). The number of piperidine rings is 1. The van der Waals surface area contributed by atoms with Gasteiger partial charge in [-0.05, 0) is 44.5 Å². The van der Waals surface area contributed by atoms with E-state index in [0.717, 1.165) is 37.1 Å². The molecule has 0 saturated carbocycles. The van der Waals surface area contributed by atoms with Gasteiger partial charge in [0.1, 0.15) is 0 Å². The van der Waals surface area contributed by atoms with Crippen LogP contribution in [0.1, 0.15) is 40.2 Å². The number of nitrogens with zero attached hydrogens (tertiary/aromatic N) is 1. The van der Waals surface area contributed by atoms with E-state index in [1.165, 1.54) is 5.56 Å². The maximum atomic E-state index is 12.8. The third kappa shape index (κ3) is 3.06. The molecule has 2 aromatic rings. The van der Waals surface area contributed by atoms with Crippen LogP contribution >= 0.6 is 0 Å². The summed E-state index contributed by atoms with van der Waals surface area (Å²) in [6, 6.07) is 17.7. The highest BCUT2D eigenvalue weighted by Gasteiger charge is 2.23. The van der Waals surface area contributed by atoms with Crippen molar-refractivity contribution in [2.24, 2.45) is 0 Å². The minimum atomic E-state index is 0.144. The van der Waals surface area contributed by atoms with Crippen LogP contribution in [0.15, 0.2) is 54.6 Å². The van der Waals surface area contributed by atoms with Crippen LogP contribution in [-0.4, -0.2) is 30.8 Å². The molecule has 2 heteroatoms. The number of ketones is 1. The molecule has 1 aliphatic rings. The molecule has 0 atom stereocenters. The van der Waals surface area contributed by atoms with Crippen molar-refractivity contribution in [1.29, 1.82) is 0 Å². The Hall–Kier alpha value is -1.93. The molecule has 108 valence electrons. The summed E-state index contributed by atoms with van der Waals surface area (Å²) >= 11 is 0. The van der Waals surface area contributed by atoms with Crippen LogP contribution < -0.4 is 0 Å². The Balaban J connectivity index is 1.91. The maximum absolute atomic E-state index is 12.8. The Morgan fingerprint density at radius 1 is 0.952 bits per heavy atom. The molecule has 21 heavy (non-hydrogen) atoms. The fourth-order valence-corrected chi connectivity index (χ4v) is 3.12. The van der Waals surface area contributed by atoms with E-state index in [2.05, 4.69) is 24.1 Å². The van der Waals surface area contributed by atoms with Gasteiger partial charge >= 0.3 is 0 Å². The topological polar surface area (TPSA) is 20.3 Å². The maximum Gasteiger partial charge on any atom is 0.193 e. The van der Waals surface area contributed by atoms with Crippen molar-refractivity contribution in [2.45, 2.75) is 18.8 Å². The number of hydrogen-bond acceptors (Lipinski definition) is 2. The summed E-state index contributed by atoms with van der Waals surface area (Å²) in [6.45, 7) is 2.22. The molecule has 0 N–H and O–H groups in total. The third-order valence-corrected chi connectivity index (χ3v) is 4.40. The lowest BCUT2D eigenvalue weighted by Gasteiger charge is -2.30. The lowest BCUT2D eigenvalue weighted by molar-refractivity contribution is 0.103. The minimum absolute atomic E-state index is 0.144. The fourth-order valence-electron chi connectivity index (χ4n) is 3.12. The summed E-state index contributed by atoms with van der Waals surface area (Å²) in [5, 5.41) is 0. The molecule has 0 aromatic heterocycles. The predicted molar refractivity (Wildman–Crippen MR) is 85.8 cm³/mol. The molecule has 0 aliphatic carbocycles. The van der Waals surface area contributed by atoms with Gasteiger partial charge in [0, 0.05) is 11.1 Å². The van der Waals surface area contributed by atoms with Gasteiger partial charge in [-0.15, -0.1) is 0 Å². The van der Waals surface area contributed by atoms with Crippen molar-refractivity contribution in [3.05, 3.63) is 71.3 Å². The molecule has 1 saturated heterocycles. The van der Waals surface area contributed by atoms with Gasteiger partial charge in [-0.25, -0.2) is 0 Å². The third-order valence-electron chi connectivity index (χ3n) is 4.40. The molecular weight excluding hydrogens is 258 g/mol. The summed E-state index contributed by atoms with van der Waals surface area (Å²) < 4.78 is 0. The minimum Gasteiger partial charge on any atom is -0.306 e. The summed E-state index contributed by atoms with van der Waals surface area (Å²) in [5.41, 5.74) is 2.87. The van der Waals surface area contributed by atoms with Crippen LogP contribution in [0.3, 0.4) is 0 Å². The molecule has 0 bridgehead atoms. The first-order valence-corrected chi connectivity index (χ1v) is 7.63. The first-order chi connectivity index (χ1) is 10.3. The first-order valence-electron chi connectivity index (χ1n) is 7.63. The van der Waals surface area contributed by atoms with Gasteiger partial charge in [0.25, 0.3) is 0 Å². The van der Waals surface area contributed by atoms with Gasteiger partial charge in [0.05, 0.1) is 0 Å². The molecule has 1 fully saturated rings. The summed E-state index contributed by atoms with van der Waals surface area (Å²) in [7, 11) is 2.16. The lowest BCUT2D eigenvalue weighted by atomic mass is 9.84. The van der Waals surface area contributed by atoms with Crippen molar-refractivity contribution < 1.29 is 4.79 Å². The van der Waals surface area contributed by atoms with Crippen LogP contribution in [0.5, 0.6) is 0 Å². The van der Waals surface area contributed by atoms with Gasteiger partial charge < -0.3 is 4.90 Å². The highest BCUT2D eigenvalue weighted by atomic mass is 16.1. The van der Waals surface area contributed by atoms with Gasteiger partial charge in [0.2, 0.25) is 0 Å². The zero-order valence-electron chi connectivity index (χ0n) is 12.5. The normalized spacial score (nSPS) is 16.8. The molecule has 0 unspecified atom stereocenters. The highest BCUT2D eigenvalue weighted by molar-refractivity contribution is 6.10. The Morgan fingerprint density at radius 2 is 1.57 bits per heavy atom. The number of benzene rings is 2. The fraction of sp³-hybridized carbons (Fsp3) is 0.316. The van der Waals surface area contributed by atoms with E-state index >= 15 is 0 Å². The Kier molecular flexibility index (Phi) is 4.16. The van der Waals surface area contributed by atoms with Crippen LogP contribution in [0.25, 0.3) is 0 Å². The van der Waals surface area contributed by atoms with E-state index < -0.39 is 0 Å². The van der Waals surface area contributed by atoms with E-state index in [9.17, 15) is 4.79 Å². The number of rotatable bonds is 3. The van der Waals surface area contributed by atoms with Crippen molar-refractivity contribution >= 4 is 5.78 Å². The quantitative estimate of drug-likeness (QED) is 0.798. The van der Waals surface area contributed by atoms with E-state index in [4.69, 9.17) is 0 Å². The van der Waals surface area contributed by atoms with Crippen molar-refractivity contribution in [1.82, 2.24) is 4.90 Å². The summed E-state index contributed by atoms with van der Waals surface area (Å²) in [6.07, 6.45) is 2.27. The molecule has 0 radical (unpaired) electrons. The molecule has 1 heterocycles. The highest BCUT2D eigenvalue weighted by Crippen LogP contribution is 2.30. The Labute approximate surface area is 126 Å². The Morgan fingerprint density at radius 3 is 2.29 bits per heavy atom. The van der Waals surface area contributed by atoms with Crippen LogP contribution in [0.4, 0.5) is 0 Å². The van der Waals surface area contributed by atoms with Crippen molar-refractivity contribution in [2.75, 3.05) is 20.1 Å². The molecule has 0 spiro atoms. The average molecular weight is 279 g/mol. The smallest absolute Gasteiger partial charge is 0.193 e. The largest absolute Gasteiger partial charge is 0.306 e. The van der Waals surface area contributed by atoms with Crippen LogP contribution in [0, 0.1) is 0 Å². The van der Waals surface area contributed by atoms with Gasteiger partial charge in [-0.3, -0.25) is 4.79 Å². The molecule has 0 amide bonds. The van der Waals surface area contributed by atoms with Gasteiger partial charge in [-0.1, -0.05) is 54.6 Å². The first kappa shape index (κ1) is 14.0. The van der Waals surface area contributed by atoms with Crippen molar-refractivity contribution in [3.63, 3.8) is 0 Å². The van der Waals surface area contributed by atoms with Gasteiger partial charge in [0.15, 0.2) is 5.78 Å². The van der Waals surface area contributed by atoms with E-state index in [1.54, 1.807) is 0 Å². The summed E-state index contributed by atoms with van der Waals surface area (Å²) in [5.74, 6) is 0.648. The zero-order valence-corrected chi connectivity index (χ0v) is 12.5.